The van der Waals surface area contributed by atoms with Crippen molar-refractivity contribution in [3.8, 4) is 5.75 Å². The third-order valence-electron chi connectivity index (χ3n) is 3.36. The Morgan fingerprint density at radius 1 is 1.08 bits per heavy atom. The van der Waals surface area contributed by atoms with E-state index in [1.807, 2.05) is 30.3 Å². The van der Waals surface area contributed by atoms with Crippen molar-refractivity contribution in [3.63, 3.8) is 0 Å². The maximum absolute atomic E-state index is 11.7. The van der Waals surface area contributed by atoms with Crippen LogP contribution in [0.3, 0.4) is 0 Å². The van der Waals surface area contributed by atoms with Crippen LogP contribution in [0.2, 0.25) is 10.0 Å². The molecule has 0 saturated heterocycles. The van der Waals surface area contributed by atoms with Gasteiger partial charge in [-0.05, 0) is 17.7 Å². The minimum atomic E-state index is -0.427. The molecule has 0 aliphatic rings. The monoisotopic (exact) mass is 393 g/mol. The van der Waals surface area contributed by atoms with Crippen LogP contribution in [0.5, 0.6) is 5.75 Å². The van der Waals surface area contributed by atoms with Crippen molar-refractivity contribution < 1.29 is 14.7 Å². The molecule has 2 aromatic rings. The maximum Gasteiger partial charge on any atom is 0.240 e. The third kappa shape index (κ3) is 6.38. The molecule has 0 atom stereocenters. The predicted octanol–water partition coefficient (Wildman–Crippen LogP) is 3.25. The molecule has 2 aromatic carbocycles. The molecular weight excluding hydrogens is 377 g/mol. The number of hydrogen-bond acceptors (Lipinski definition) is 4. The highest BCUT2D eigenvalue weighted by Crippen LogP contribution is 2.29. The lowest BCUT2D eigenvalue weighted by atomic mass is 10.2. The van der Waals surface area contributed by atoms with Crippen molar-refractivity contribution >= 4 is 41.2 Å². The van der Waals surface area contributed by atoms with Crippen LogP contribution in [-0.2, 0) is 16.1 Å². The topological polar surface area (TPSA) is 90.8 Å². The van der Waals surface area contributed by atoms with E-state index in [1.54, 1.807) is 0 Å². The molecule has 26 heavy (non-hydrogen) atoms. The van der Waals surface area contributed by atoms with Gasteiger partial charge in [0.25, 0.3) is 0 Å². The fourth-order valence-corrected chi connectivity index (χ4v) is 2.54. The van der Waals surface area contributed by atoms with Gasteiger partial charge in [-0.15, -0.1) is 0 Å². The molecule has 0 radical (unpaired) electrons. The second-order valence-electron chi connectivity index (χ2n) is 5.38. The van der Waals surface area contributed by atoms with Gasteiger partial charge < -0.3 is 10.4 Å². The average molecular weight is 394 g/mol. The van der Waals surface area contributed by atoms with Crippen LogP contribution < -0.4 is 10.7 Å². The summed E-state index contributed by atoms with van der Waals surface area (Å²) >= 11 is 11.6. The minimum Gasteiger partial charge on any atom is -0.506 e. The predicted molar refractivity (Wildman–Crippen MR) is 101 cm³/mol. The van der Waals surface area contributed by atoms with E-state index in [0.717, 1.165) is 5.56 Å². The number of halogens is 2. The number of carbonyl (C=O) groups excluding carboxylic acids is 2. The van der Waals surface area contributed by atoms with Gasteiger partial charge in [-0.25, -0.2) is 5.43 Å². The van der Waals surface area contributed by atoms with Crippen molar-refractivity contribution in [3.05, 3.63) is 63.6 Å². The number of nitrogens with one attached hydrogen (secondary N) is 2. The molecule has 0 spiro atoms. The summed E-state index contributed by atoms with van der Waals surface area (Å²) in [5, 5.41) is 16.6. The molecule has 0 aliphatic heterocycles. The molecule has 0 aliphatic carbocycles. The van der Waals surface area contributed by atoms with Gasteiger partial charge in [0, 0.05) is 30.0 Å². The quantitative estimate of drug-likeness (QED) is 0.497. The van der Waals surface area contributed by atoms with Crippen LogP contribution in [0, 0.1) is 0 Å². The Balaban J connectivity index is 1.74. The first-order valence-corrected chi connectivity index (χ1v) is 8.52. The van der Waals surface area contributed by atoms with Crippen LogP contribution in [0.25, 0.3) is 0 Å². The molecule has 0 aromatic heterocycles. The number of rotatable bonds is 7. The first kappa shape index (κ1) is 19.8. The van der Waals surface area contributed by atoms with E-state index in [-0.39, 0.29) is 35.1 Å². The largest absolute Gasteiger partial charge is 0.506 e. The van der Waals surface area contributed by atoms with E-state index in [0.29, 0.717) is 11.6 Å². The average Bonchev–Trinajstić information content (AvgIpc) is 2.63. The summed E-state index contributed by atoms with van der Waals surface area (Å²) in [7, 11) is 0. The Morgan fingerprint density at radius 3 is 2.50 bits per heavy atom. The van der Waals surface area contributed by atoms with Crippen molar-refractivity contribution in [1.29, 1.82) is 0 Å². The number of carbonyl (C=O) groups is 2. The van der Waals surface area contributed by atoms with Crippen molar-refractivity contribution in [2.75, 3.05) is 0 Å². The number of hydrazone groups is 1. The Labute approximate surface area is 160 Å². The fourth-order valence-electron chi connectivity index (χ4n) is 2.03. The van der Waals surface area contributed by atoms with Gasteiger partial charge in [-0.3, -0.25) is 9.59 Å². The second-order valence-corrected chi connectivity index (χ2v) is 6.22. The van der Waals surface area contributed by atoms with Gasteiger partial charge in [-0.2, -0.15) is 5.10 Å². The van der Waals surface area contributed by atoms with Crippen LogP contribution in [0.15, 0.2) is 47.6 Å². The molecule has 8 heteroatoms. The maximum atomic E-state index is 11.7. The van der Waals surface area contributed by atoms with E-state index >= 15 is 0 Å². The molecule has 2 amide bonds. The van der Waals surface area contributed by atoms with Gasteiger partial charge in [0.15, 0.2) is 0 Å². The van der Waals surface area contributed by atoms with Crippen molar-refractivity contribution in [2.45, 2.75) is 19.4 Å². The first-order valence-electron chi connectivity index (χ1n) is 7.76. The Kier molecular flexibility index (Phi) is 7.44. The highest BCUT2D eigenvalue weighted by molar-refractivity contribution is 6.36. The minimum absolute atomic E-state index is 0.0136. The van der Waals surface area contributed by atoms with Crippen LogP contribution in [0.1, 0.15) is 24.0 Å². The summed E-state index contributed by atoms with van der Waals surface area (Å²) < 4.78 is 0. The molecule has 0 saturated carbocycles. The fraction of sp³-hybridized carbons (Fsp3) is 0.167. The summed E-state index contributed by atoms with van der Waals surface area (Å²) in [6.07, 6.45) is 1.25. The lowest BCUT2D eigenvalue weighted by Crippen LogP contribution is -2.25. The highest BCUT2D eigenvalue weighted by Gasteiger charge is 2.08. The SMILES string of the molecule is O=C(CCC(=O)N/N=C\c1cc(Cl)cc(Cl)c1O)NCc1ccccc1. The lowest BCUT2D eigenvalue weighted by Gasteiger charge is -2.05. The number of phenolic OH excluding ortho intramolecular Hbond substituents is 1. The van der Waals surface area contributed by atoms with E-state index in [1.165, 1.54) is 18.3 Å². The zero-order chi connectivity index (χ0) is 18.9. The number of amides is 2. The molecule has 136 valence electrons. The molecule has 0 heterocycles. The van der Waals surface area contributed by atoms with Gasteiger partial charge in [0.1, 0.15) is 5.75 Å². The molecule has 6 nitrogen and oxygen atoms in total. The molecular formula is C18H17Cl2N3O3. The number of hydrogen-bond donors (Lipinski definition) is 3. The van der Waals surface area contributed by atoms with Gasteiger partial charge in [0.2, 0.25) is 11.8 Å². The standard InChI is InChI=1S/C18H17Cl2N3O3/c19-14-8-13(18(26)15(20)9-14)11-22-23-17(25)7-6-16(24)21-10-12-4-2-1-3-5-12/h1-5,8-9,11,26H,6-7,10H2,(H,21,24)(H,23,25)/b22-11-. The van der Waals surface area contributed by atoms with Crippen molar-refractivity contribution in [2.24, 2.45) is 5.10 Å². The van der Waals surface area contributed by atoms with Gasteiger partial charge >= 0.3 is 0 Å². The van der Waals surface area contributed by atoms with E-state index in [9.17, 15) is 14.7 Å². The molecule has 3 N–H and O–H groups in total. The summed E-state index contributed by atoms with van der Waals surface area (Å²) in [5.74, 6) is -0.842. The smallest absolute Gasteiger partial charge is 0.240 e. The lowest BCUT2D eigenvalue weighted by molar-refractivity contribution is -0.126. The zero-order valence-electron chi connectivity index (χ0n) is 13.7. The van der Waals surface area contributed by atoms with Gasteiger partial charge in [0.05, 0.1) is 11.2 Å². The second kappa shape index (κ2) is 9.79. The summed E-state index contributed by atoms with van der Waals surface area (Å²) in [4.78, 5) is 23.5. The van der Waals surface area contributed by atoms with E-state index in [4.69, 9.17) is 23.2 Å². The van der Waals surface area contributed by atoms with E-state index < -0.39 is 5.91 Å². The highest BCUT2D eigenvalue weighted by atomic mass is 35.5. The normalized spacial score (nSPS) is 10.7. The number of aromatic hydroxyl groups is 1. The van der Waals surface area contributed by atoms with Crippen LogP contribution in [-0.4, -0.2) is 23.1 Å². The number of phenols is 1. The van der Waals surface area contributed by atoms with Crippen LogP contribution >= 0.6 is 23.2 Å². The number of benzene rings is 2. The Bertz CT molecular complexity index is 811. The van der Waals surface area contributed by atoms with Crippen LogP contribution in [0.4, 0.5) is 0 Å². The Morgan fingerprint density at radius 2 is 1.77 bits per heavy atom. The first-order chi connectivity index (χ1) is 12.5. The molecule has 0 bridgehead atoms. The van der Waals surface area contributed by atoms with Crippen molar-refractivity contribution in [1.82, 2.24) is 10.7 Å². The van der Waals surface area contributed by atoms with E-state index in [2.05, 4.69) is 15.8 Å². The summed E-state index contributed by atoms with van der Waals surface area (Å²) in [5.41, 5.74) is 3.53. The third-order valence-corrected chi connectivity index (χ3v) is 3.87. The molecule has 0 fully saturated rings. The zero-order valence-corrected chi connectivity index (χ0v) is 15.2. The molecule has 0 unspecified atom stereocenters. The summed E-state index contributed by atoms with van der Waals surface area (Å²) in [6, 6.07) is 12.3. The molecule has 2 rings (SSSR count). The Hall–Kier alpha value is -2.57. The van der Waals surface area contributed by atoms with Gasteiger partial charge in [-0.1, -0.05) is 53.5 Å². The number of nitrogens with zero attached hydrogens (tertiary/aromatic N) is 1. The summed E-state index contributed by atoms with van der Waals surface area (Å²) in [6.45, 7) is 0.411.